The van der Waals surface area contributed by atoms with E-state index in [9.17, 15) is 9.59 Å². The lowest BCUT2D eigenvalue weighted by atomic mass is 10.1. The van der Waals surface area contributed by atoms with Gasteiger partial charge in [0.1, 0.15) is 5.92 Å². The van der Waals surface area contributed by atoms with Gasteiger partial charge in [0.25, 0.3) is 0 Å². The van der Waals surface area contributed by atoms with E-state index >= 15 is 0 Å². The van der Waals surface area contributed by atoms with Gasteiger partial charge in [0.2, 0.25) is 0 Å². The van der Waals surface area contributed by atoms with Gasteiger partial charge >= 0.3 is 11.9 Å². The first-order chi connectivity index (χ1) is 6.50. The van der Waals surface area contributed by atoms with Gasteiger partial charge in [0.05, 0.1) is 6.42 Å². The Morgan fingerprint density at radius 2 is 2.21 bits per heavy atom. The third kappa shape index (κ3) is 2.68. The summed E-state index contributed by atoms with van der Waals surface area (Å²) in [4.78, 5) is 25.1. The zero-order valence-electron chi connectivity index (χ0n) is 6.81. The average molecular weight is 236 g/mol. The summed E-state index contributed by atoms with van der Waals surface area (Å²) in [6.45, 7) is 0. The van der Waals surface area contributed by atoms with Crippen LogP contribution in [0.5, 0.6) is 0 Å². The zero-order chi connectivity index (χ0) is 10.7. The lowest BCUT2D eigenvalue weighted by Gasteiger charge is -2.05. The molecule has 0 spiro atoms. The van der Waals surface area contributed by atoms with E-state index in [2.05, 4.69) is 4.98 Å². The molecule has 0 saturated heterocycles. The molecule has 5 nitrogen and oxygen atoms in total. The molecule has 1 aromatic heterocycles. The molecule has 0 bridgehead atoms. The minimum Gasteiger partial charge on any atom is -0.481 e. The van der Waals surface area contributed by atoms with Crippen molar-refractivity contribution in [1.29, 1.82) is 0 Å². The van der Waals surface area contributed by atoms with Crippen molar-refractivity contribution in [2.24, 2.45) is 0 Å². The summed E-state index contributed by atoms with van der Waals surface area (Å²) in [5.74, 6) is -3.42. The summed E-state index contributed by atoms with van der Waals surface area (Å²) >= 11 is 6.49. The number of carboxylic acids is 2. The molecule has 0 saturated carbocycles. The summed E-state index contributed by atoms with van der Waals surface area (Å²) in [6.07, 6.45) is 0.822. The number of carboxylic acid groups (broad SMARTS) is 2. The number of aromatic nitrogens is 1. The Kier molecular flexibility index (Phi) is 3.43. The van der Waals surface area contributed by atoms with E-state index in [-0.39, 0.29) is 4.47 Å². The molecule has 0 amide bonds. The van der Waals surface area contributed by atoms with E-state index in [1.807, 2.05) is 0 Å². The van der Waals surface area contributed by atoms with E-state index in [0.29, 0.717) is 4.88 Å². The Morgan fingerprint density at radius 3 is 2.57 bits per heavy atom. The second kappa shape index (κ2) is 4.39. The summed E-state index contributed by atoms with van der Waals surface area (Å²) < 4.78 is 0.205. The van der Waals surface area contributed by atoms with Crippen LogP contribution >= 0.6 is 22.9 Å². The third-order valence-electron chi connectivity index (χ3n) is 1.52. The Balaban J connectivity index is 2.88. The van der Waals surface area contributed by atoms with E-state index < -0.39 is 24.3 Å². The summed E-state index contributed by atoms with van der Waals surface area (Å²) in [5, 5.41) is 17.2. The normalized spacial score (nSPS) is 12.4. The first-order valence-electron chi connectivity index (χ1n) is 3.56. The molecule has 0 aliphatic rings. The van der Waals surface area contributed by atoms with Gasteiger partial charge in [-0.3, -0.25) is 9.59 Å². The maximum Gasteiger partial charge on any atom is 0.312 e. The molecule has 7 heteroatoms. The molecule has 1 rings (SSSR count). The zero-order valence-corrected chi connectivity index (χ0v) is 8.38. The molecule has 0 aromatic carbocycles. The molecule has 14 heavy (non-hydrogen) atoms. The SMILES string of the molecule is O=C(O)CC(C(=O)O)c1cnc(Cl)s1. The molecule has 1 heterocycles. The van der Waals surface area contributed by atoms with Crippen LogP contribution in [0.15, 0.2) is 6.20 Å². The van der Waals surface area contributed by atoms with Gasteiger partial charge < -0.3 is 10.2 Å². The Labute approximate surface area is 88.0 Å². The van der Waals surface area contributed by atoms with Crippen molar-refractivity contribution in [2.75, 3.05) is 0 Å². The third-order valence-corrected chi connectivity index (χ3v) is 2.74. The molecule has 1 unspecified atom stereocenters. The minimum atomic E-state index is -1.19. The summed E-state index contributed by atoms with van der Waals surface area (Å²) in [5.41, 5.74) is 0. The van der Waals surface area contributed by atoms with Crippen molar-refractivity contribution in [2.45, 2.75) is 12.3 Å². The fourth-order valence-electron chi connectivity index (χ4n) is 0.910. The average Bonchev–Trinajstić information content (AvgIpc) is 2.46. The van der Waals surface area contributed by atoms with Crippen molar-refractivity contribution in [3.05, 3.63) is 15.5 Å². The van der Waals surface area contributed by atoms with Crippen LogP contribution in [0.2, 0.25) is 4.47 Å². The van der Waals surface area contributed by atoms with E-state index in [1.54, 1.807) is 0 Å². The van der Waals surface area contributed by atoms with Gasteiger partial charge in [0, 0.05) is 11.1 Å². The van der Waals surface area contributed by atoms with Gasteiger partial charge in [-0.15, -0.1) is 11.3 Å². The molecule has 76 valence electrons. The molecule has 0 aliphatic heterocycles. The largest absolute Gasteiger partial charge is 0.481 e. The van der Waals surface area contributed by atoms with Gasteiger partial charge in [-0.1, -0.05) is 11.6 Å². The highest BCUT2D eigenvalue weighted by Gasteiger charge is 2.25. The van der Waals surface area contributed by atoms with Crippen LogP contribution in [0.1, 0.15) is 17.2 Å². The number of nitrogens with zero attached hydrogens (tertiary/aromatic N) is 1. The molecule has 0 fully saturated rings. The van der Waals surface area contributed by atoms with Crippen LogP contribution in [0.4, 0.5) is 0 Å². The number of thiazole rings is 1. The molecule has 2 N–H and O–H groups in total. The smallest absolute Gasteiger partial charge is 0.312 e. The Bertz CT molecular complexity index is 364. The maximum atomic E-state index is 10.7. The number of hydrogen-bond acceptors (Lipinski definition) is 4. The molecular weight excluding hydrogens is 230 g/mol. The number of rotatable bonds is 4. The lowest BCUT2D eigenvalue weighted by Crippen LogP contribution is -2.14. The standard InChI is InChI=1S/C7H6ClNO4S/c8-7-9-2-4(14-7)3(6(12)13)1-5(10)11/h2-3H,1H2,(H,10,11)(H,12,13). The Hall–Kier alpha value is -1.14. The number of halogens is 1. The fraction of sp³-hybridized carbons (Fsp3) is 0.286. The topological polar surface area (TPSA) is 87.5 Å². The molecule has 1 aromatic rings. The van der Waals surface area contributed by atoms with E-state index in [0.717, 1.165) is 11.3 Å². The second-order valence-corrected chi connectivity index (χ2v) is 4.15. The highest BCUT2D eigenvalue weighted by Crippen LogP contribution is 2.28. The van der Waals surface area contributed by atoms with E-state index in [4.69, 9.17) is 21.8 Å². The second-order valence-electron chi connectivity index (χ2n) is 2.50. The van der Waals surface area contributed by atoms with Crippen LogP contribution in [0.3, 0.4) is 0 Å². The maximum absolute atomic E-state index is 10.7. The number of aliphatic carboxylic acids is 2. The van der Waals surface area contributed by atoms with Crippen LogP contribution in [0.25, 0.3) is 0 Å². The summed E-state index contributed by atoms with van der Waals surface area (Å²) in [7, 11) is 0. The van der Waals surface area contributed by atoms with Crippen molar-refractivity contribution in [1.82, 2.24) is 4.98 Å². The first-order valence-corrected chi connectivity index (χ1v) is 4.76. The minimum absolute atomic E-state index is 0.205. The van der Waals surface area contributed by atoms with Crippen LogP contribution < -0.4 is 0 Å². The number of hydrogen-bond donors (Lipinski definition) is 2. The molecular formula is C7H6ClNO4S. The fourth-order valence-corrected chi connectivity index (χ4v) is 1.96. The van der Waals surface area contributed by atoms with Crippen LogP contribution in [-0.2, 0) is 9.59 Å². The van der Waals surface area contributed by atoms with Crippen LogP contribution in [0, 0.1) is 0 Å². The van der Waals surface area contributed by atoms with Crippen LogP contribution in [-0.4, -0.2) is 27.1 Å². The highest BCUT2D eigenvalue weighted by atomic mass is 35.5. The Morgan fingerprint density at radius 1 is 1.57 bits per heavy atom. The summed E-state index contributed by atoms with van der Waals surface area (Å²) in [6, 6.07) is 0. The van der Waals surface area contributed by atoms with Gasteiger partial charge in [-0.2, -0.15) is 0 Å². The predicted octanol–water partition coefficient (Wildman–Crippen LogP) is 1.44. The monoisotopic (exact) mass is 235 g/mol. The predicted molar refractivity (Wildman–Crippen MR) is 49.8 cm³/mol. The van der Waals surface area contributed by atoms with E-state index in [1.165, 1.54) is 6.20 Å². The quantitative estimate of drug-likeness (QED) is 0.825. The van der Waals surface area contributed by atoms with Crippen molar-refractivity contribution < 1.29 is 19.8 Å². The van der Waals surface area contributed by atoms with Gasteiger partial charge in [-0.05, 0) is 0 Å². The highest BCUT2D eigenvalue weighted by molar-refractivity contribution is 7.15. The van der Waals surface area contributed by atoms with Gasteiger partial charge in [-0.25, -0.2) is 4.98 Å². The molecule has 0 aliphatic carbocycles. The lowest BCUT2D eigenvalue weighted by molar-refractivity contribution is -0.145. The van der Waals surface area contributed by atoms with Crippen molar-refractivity contribution >= 4 is 34.9 Å². The van der Waals surface area contributed by atoms with Gasteiger partial charge in [0.15, 0.2) is 4.47 Å². The van der Waals surface area contributed by atoms with Crippen molar-refractivity contribution in [3.63, 3.8) is 0 Å². The molecule has 1 atom stereocenters. The van der Waals surface area contributed by atoms with Crippen molar-refractivity contribution in [3.8, 4) is 0 Å². The first kappa shape index (κ1) is 10.9. The molecule has 0 radical (unpaired) electrons. The number of carbonyl (C=O) groups is 2.